The van der Waals surface area contributed by atoms with Gasteiger partial charge in [-0.05, 0) is 19.1 Å². The molecule has 4 rings (SSSR count). The van der Waals surface area contributed by atoms with E-state index in [9.17, 15) is 9.59 Å². The normalized spacial score (nSPS) is 35.0. The first kappa shape index (κ1) is 13.5. The van der Waals surface area contributed by atoms with Crippen molar-refractivity contribution in [1.29, 1.82) is 0 Å². The summed E-state index contributed by atoms with van der Waals surface area (Å²) in [6.45, 7) is 2.52. The fraction of sp³-hybridized carbons (Fsp3) is 0.412. The Morgan fingerprint density at radius 2 is 2.18 bits per heavy atom. The first-order valence-corrected chi connectivity index (χ1v) is 7.56. The molecule has 2 saturated heterocycles. The molecule has 0 radical (unpaired) electrons. The summed E-state index contributed by atoms with van der Waals surface area (Å²) in [5, 5.41) is 0. The largest absolute Gasteiger partial charge is 0.466 e. The lowest BCUT2D eigenvalue weighted by molar-refractivity contribution is -0.151. The Labute approximate surface area is 128 Å². The standard InChI is InChI=1S/C17H17NO4/c1-2-21-16(20)13-12-8-9-17(22-12)10-18(15(19)14(13)17)11-6-4-3-5-7-11/h3-9,12-14H,2,10H2,1H3/t12-,13-,14+,17-/m0/s1. The van der Waals surface area contributed by atoms with Crippen LogP contribution in [-0.2, 0) is 19.1 Å². The van der Waals surface area contributed by atoms with Crippen molar-refractivity contribution in [3.8, 4) is 0 Å². The Hall–Kier alpha value is -2.14. The Morgan fingerprint density at radius 3 is 2.91 bits per heavy atom. The predicted molar refractivity (Wildman–Crippen MR) is 79.2 cm³/mol. The van der Waals surface area contributed by atoms with Crippen LogP contribution in [0.2, 0.25) is 0 Å². The summed E-state index contributed by atoms with van der Waals surface area (Å²) in [6.07, 6.45) is 3.49. The fourth-order valence-corrected chi connectivity index (χ4v) is 3.83. The summed E-state index contributed by atoms with van der Waals surface area (Å²) < 4.78 is 11.2. The summed E-state index contributed by atoms with van der Waals surface area (Å²) in [6, 6.07) is 9.49. The molecule has 1 aromatic carbocycles. The Balaban J connectivity index is 1.69. The van der Waals surface area contributed by atoms with Gasteiger partial charge in [0.25, 0.3) is 0 Å². The third kappa shape index (κ3) is 1.69. The van der Waals surface area contributed by atoms with Gasteiger partial charge in [-0.3, -0.25) is 9.59 Å². The van der Waals surface area contributed by atoms with Crippen molar-refractivity contribution in [3.05, 3.63) is 42.5 Å². The van der Waals surface area contributed by atoms with Gasteiger partial charge in [0.2, 0.25) is 5.91 Å². The van der Waals surface area contributed by atoms with Crippen molar-refractivity contribution in [2.45, 2.75) is 18.6 Å². The minimum absolute atomic E-state index is 0.0592. The van der Waals surface area contributed by atoms with E-state index in [-0.39, 0.29) is 18.0 Å². The van der Waals surface area contributed by atoms with E-state index in [2.05, 4.69) is 0 Å². The van der Waals surface area contributed by atoms with Gasteiger partial charge in [-0.1, -0.05) is 30.4 Å². The molecule has 5 heteroatoms. The second-order valence-electron chi connectivity index (χ2n) is 5.91. The van der Waals surface area contributed by atoms with Gasteiger partial charge >= 0.3 is 5.97 Å². The number of carbonyl (C=O) groups is 2. The quantitative estimate of drug-likeness (QED) is 0.627. The topological polar surface area (TPSA) is 55.8 Å². The fourth-order valence-electron chi connectivity index (χ4n) is 3.83. The monoisotopic (exact) mass is 299 g/mol. The van der Waals surface area contributed by atoms with E-state index in [0.29, 0.717) is 13.2 Å². The lowest BCUT2D eigenvalue weighted by atomic mass is 9.77. The smallest absolute Gasteiger partial charge is 0.312 e. The van der Waals surface area contributed by atoms with Crippen LogP contribution in [0.25, 0.3) is 0 Å². The Bertz CT molecular complexity index is 656. The van der Waals surface area contributed by atoms with Crippen LogP contribution in [0, 0.1) is 11.8 Å². The average Bonchev–Trinajstić information content (AvgIpc) is 3.17. The molecule has 0 N–H and O–H groups in total. The van der Waals surface area contributed by atoms with Crippen molar-refractivity contribution >= 4 is 17.6 Å². The molecule has 1 spiro atoms. The van der Waals surface area contributed by atoms with Crippen molar-refractivity contribution in [2.24, 2.45) is 11.8 Å². The molecule has 0 aromatic heterocycles. The molecule has 3 aliphatic heterocycles. The van der Waals surface area contributed by atoms with Gasteiger partial charge < -0.3 is 14.4 Å². The number of nitrogens with zero attached hydrogens (tertiary/aromatic N) is 1. The predicted octanol–water partition coefficient (Wildman–Crippen LogP) is 1.54. The number of hydrogen-bond acceptors (Lipinski definition) is 4. The van der Waals surface area contributed by atoms with Gasteiger partial charge in [0.15, 0.2) is 0 Å². The molecule has 3 heterocycles. The molecule has 1 amide bonds. The zero-order valence-electron chi connectivity index (χ0n) is 12.3. The summed E-state index contributed by atoms with van der Waals surface area (Å²) >= 11 is 0. The van der Waals surface area contributed by atoms with Gasteiger partial charge in [-0.2, -0.15) is 0 Å². The average molecular weight is 299 g/mol. The molecule has 0 saturated carbocycles. The van der Waals surface area contributed by atoms with Crippen molar-refractivity contribution in [1.82, 2.24) is 0 Å². The molecule has 5 nitrogen and oxygen atoms in total. The number of amides is 1. The van der Waals surface area contributed by atoms with E-state index >= 15 is 0 Å². The molecular weight excluding hydrogens is 282 g/mol. The maximum absolute atomic E-state index is 12.9. The number of benzene rings is 1. The maximum atomic E-state index is 12.9. The van der Waals surface area contributed by atoms with Crippen LogP contribution in [-0.4, -0.2) is 36.7 Å². The molecule has 22 heavy (non-hydrogen) atoms. The van der Waals surface area contributed by atoms with E-state index < -0.39 is 17.4 Å². The number of rotatable bonds is 3. The number of ether oxygens (including phenoxy) is 2. The SMILES string of the molecule is CCOC(=O)[C@H]1[C@@H]2C=C[C@@]3(CN(c4ccccc4)C(=O)[C@@H]13)O2. The number of para-hydroxylation sites is 1. The molecule has 114 valence electrons. The first-order chi connectivity index (χ1) is 10.7. The second kappa shape index (κ2) is 4.68. The zero-order chi connectivity index (χ0) is 15.3. The molecule has 2 bridgehead atoms. The summed E-state index contributed by atoms with van der Waals surface area (Å²) in [5.74, 6) is -1.42. The lowest BCUT2D eigenvalue weighted by Crippen LogP contribution is -2.40. The highest BCUT2D eigenvalue weighted by Gasteiger charge is 2.67. The number of anilines is 1. The third-order valence-electron chi connectivity index (χ3n) is 4.73. The van der Waals surface area contributed by atoms with Crippen LogP contribution >= 0.6 is 0 Å². The highest BCUT2D eigenvalue weighted by molar-refractivity contribution is 6.02. The van der Waals surface area contributed by atoms with Gasteiger partial charge in [0, 0.05) is 5.69 Å². The molecule has 0 unspecified atom stereocenters. The van der Waals surface area contributed by atoms with Gasteiger partial charge in [0.05, 0.1) is 25.2 Å². The molecule has 4 atom stereocenters. The van der Waals surface area contributed by atoms with E-state index in [0.717, 1.165) is 5.69 Å². The van der Waals surface area contributed by atoms with Crippen LogP contribution in [0.3, 0.4) is 0 Å². The Morgan fingerprint density at radius 1 is 1.41 bits per heavy atom. The summed E-state index contributed by atoms with van der Waals surface area (Å²) in [5.41, 5.74) is 0.147. The van der Waals surface area contributed by atoms with Gasteiger partial charge in [-0.15, -0.1) is 0 Å². The van der Waals surface area contributed by atoms with Crippen molar-refractivity contribution in [3.63, 3.8) is 0 Å². The van der Waals surface area contributed by atoms with Crippen LogP contribution in [0.5, 0.6) is 0 Å². The number of carbonyl (C=O) groups excluding carboxylic acids is 2. The number of esters is 1. The van der Waals surface area contributed by atoms with Crippen LogP contribution in [0.15, 0.2) is 42.5 Å². The number of fused-ring (bicyclic) bond motifs is 1. The molecule has 0 aliphatic carbocycles. The first-order valence-electron chi connectivity index (χ1n) is 7.56. The number of hydrogen-bond donors (Lipinski definition) is 0. The van der Waals surface area contributed by atoms with Crippen molar-refractivity contribution in [2.75, 3.05) is 18.1 Å². The lowest BCUT2D eigenvalue weighted by Gasteiger charge is -2.22. The highest BCUT2D eigenvalue weighted by Crippen LogP contribution is 2.52. The van der Waals surface area contributed by atoms with Crippen molar-refractivity contribution < 1.29 is 19.1 Å². The van der Waals surface area contributed by atoms with E-state index in [1.54, 1.807) is 11.8 Å². The zero-order valence-corrected chi connectivity index (χ0v) is 12.3. The highest BCUT2D eigenvalue weighted by atomic mass is 16.6. The summed E-state index contributed by atoms with van der Waals surface area (Å²) in [4.78, 5) is 26.9. The molecular formula is C17H17NO4. The van der Waals surface area contributed by atoms with Gasteiger partial charge in [-0.25, -0.2) is 0 Å². The second-order valence-corrected chi connectivity index (χ2v) is 5.91. The third-order valence-corrected chi connectivity index (χ3v) is 4.73. The molecule has 2 fully saturated rings. The maximum Gasteiger partial charge on any atom is 0.312 e. The minimum atomic E-state index is -0.685. The molecule has 1 aromatic rings. The van der Waals surface area contributed by atoms with Crippen LogP contribution in [0.1, 0.15) is 6.92 Å². The van der Waals surface area contributed by atoms with Crippen LogP contribution < -0.4 is 4.90 Å². The van der Waals surface area contributed by atoms with E-state index in [1.165, 1.54) is 0 Å². The Kier molecular flexibility index (Phi) is 2.87. The molecule has 3 aliphatic rings. The van der Waals surface area contributed by atoms with Gasteiger partial charge in [0.1, 0.15) is 11.5 Å². The minimum Gasteiger partial charge on any atom is -0.466 e. The van der Waals surface area contributed by atoms with Crippen LogP contribution in [0.4, 0.5) is 5.69 Å². The van der Waals surface area contributed by atoms with E-state index in [1.807, 2.05) is 42.5 Å². The van der Waals surface area contributed by atoms with E-state index in [4.69, 9.17) is 9.47 Å². The summed E-state index contributed by atoms with van der Waals surface area (Å²) in [7, 11) is 0.